The Morgan fingerprint density at radius 2 is 0.558 bits per heavy atom. The van der Waals surface area contributed by atoms with E-state index in [0.29, 0.717) is 20.8 Å². The highest BCUT2D eigenvalue weighted by Gasteiger charge is 2.47. The van der Waals surface area contributed by atoms with E-state index < -0.39 is 510 Å². The van der Waals surface area contributed by atoms with Crippen LogP contribution >= 0.6 is 0 Å². The van der Waals surface area contributed by atoms with Crippen LogP contribution in [0.4, 0.5) is 0 Å². The lowest BCUT2D eigenvalue weighted by atomic mass is 9.79. The SMILES string of the molecule is [2H]c1c(OC([2H])([2H])[2H])c(OC([2H])([2H])[2H])c([2H])c2c1C([2H])([2H])C([2H])([2H])N1C([2H])([2H])C([2H])(C([2H])([2H])C([2H])(C)C([2H])([2H])[2H])C([2H])(OC(=O)[C@@H](N)C(C)C)C([2H])([2H])C21[2H].[2H]c1c(OC([2H])([2H])[2H])c(OC)c([2H])c2c1C([2H])([2H])C([2H])([2H])N1C([2H])([2H])C([2H])(C([2H])([2H])C([2H])(C)C([2H])([2H])[2H])C([2H])(OC(=O)[C@@H](N)C(C)C)C([2H])([2H])C21[2H].[2H]c1c(OC)c(OC([2H])([2H])[2H])c([2H])c2c1C([2H])([2H])C([2H])([2H])N1C([2H])([2H])C([2H])(C([2H])([2H])C([2H])(C)C([2H])([2H])[2H])C([2H])(OC(=O)[C@@H](N)C(C)C)C([2H])([2H])C21[2H].[2H]c1c(OC)c(OC)c([2H])c2c1C([2H])([2H])C([2H])([2H])N1C([2H])([2H])C([2H])(C([2H])([2H])C([2H])(C)C([2H])([2H])[2H])C([2H])(OC(=O)[C@@H](N)C(C)C)C([2H])([2H])C21[2H]. The summed E-state index contributed by atoms with van der Waals surface area (Å²) in [6.07, 6.45) is -70.2. The number of benzene rings is 4. The molecule has 0 bridgehead atoms. The van der Waals surface area contributed by atoms with Gasteiger partial charge in [0.05, 0.1) is 95.0 Å². The average molecular weight is 1760 g/mol. The number of rotatable bonds is 28. The van der Waals surface area contributed by atoms with Crippen molar-refractivity contribution in [2.24, 2.45) is 93.8 Å². The normalized spacial score (nSPS) is 53.0. The Balaban J connectivity index is 0.000000299. The summed E-state index contributed by atoms with van der Waals surface area (Å²) in [5.74, 6) is -54.1. The molecule has 20 atom stereocenters. The molecule has 672 valence electrons. The van der Waals surface area contributed by atoms with Gasteiger partial charge < -0.3 is 79.8 Å². The fourth-order valence-electron chi connectivity index (χ4n) is 10.2. The van der Waals surface area contributed by atoms with Crippen molar-refractivity contribution < 1.29 is 197 Å². The van der Waals surface area contributed by atoms with Gasteiger partial charge in [-0.1, -0.05) is 110 Å². The average Bonchev–Trinajstić information content (AvgIpc) is 0.634. The first-order valence-corrected chi connectivity index (χ1v) is 35.7. The molecule has 0 spiro atoms. The van der Waals surface area contributed by atoms with E-state index in [0.717, 1.165) is 28.4 Å². The van der Waals surface area contributed by atoms with Crippen LogP contribution in [0.5, 0.6) is 46.0 Å². The molecule has 4 aromatic carbocycles. The van der Waals surface area contributed by atoms with Gasteiger partial charge in [-0.25, -0.2) is 0 Å². The van der Waals surface area contributed by atoms with Crippen LogP contribution < -0.4 is 60.8 Å². The summed E-state index contributed by atoms with van der Waals surface area (Å²) in [4.78, 5) is 51.1. The van der Waals surface area contributed by atoms with Crippen LogP contribution in [0.1, 0.15) is 351 Å². The maximum absolute atomic E-state index is 13.5. The smallest absolute Gasteiger partial charge is 0.323 e. The number of carbonyl (C=O) groups is 4. The van der Waals surface area contributed by atoms with Crippen LogP contribution in [-0.2, 0) is 63.6 Å². The lowest BCUT2D eigenvalue weighted by molar-refractivity contribution is -0.161. The van der Waals surface area contributed by atoms with Crippen molar-refractivity contribution in [3.63, 3.8) is 0 Å². The predicted octanol–water partition coefficient (Wildman–Crippen LogP) is 14.3. The van der Waals surface area contributed by atoms with E-state index in [4.69, 9.17) is 157 Å². The Morgan fingerprint density at radius 1 is 0.367 bits per heavy atom. The summed E-state index contributed by atoms with van der Waals surface area (Å²) >= 11 is 0. The van der Waals surface area contributed by atoms with Gasteiger partial charge in [0.15, 0.2) is 46.0 Å². The summed E-state index contributed by atoms with van der Waals surface area (Å²) in [7, 11) is -10.8. The number of piperidine rings is 4. The number of esters is 4. The van der Waals surface area contributed by atoms with Gasteiger partial charge in [-0.15, -0.1) is 0 Å². The molecule has 24 heteroatoms. The maximum atomic E-state index is 13.5. The third-order valence-corrected chi connectivity index (χ3v) is 16.7. The number of carbonyl (C=O) groups excluding carboxylic acids is 4. The van der Waals surface area contributed by atoms with Gasteiger partial charge in [0, 0.05) is 207 Å². The molecular formula is C96H152N8O16. The van der Waals surface area contributed by atoms with Crippen LogP contribution in [0, 0.1) is 70.8 Å². The van der Waals surface area contributed by atoms with Gasteiger partial charge in [-0.3, -0.25) is 38.8 Å². The van der Waals surface area contributed by atoms with Crippen molar-refractivity contribution >= 4 is 23.9 Å². The summed E-state index contributed by atoms with van der Waals surface area (Å²) in [6.45, 7) is -39.0. The van der Waals surface area contributed by atoms with Crippen molar-refractivity contribution in [2.45, 2.75) is 260 Å². The lowest BCUT2D eigenvalue weighted by Crippen LogP contribution is -2.51. The minimum atomic E-state index is -4.80. The minimum absolute atomic E-state index is 0.283. The van der Waals surface area contributed by atoms with Crippen LogP contribution in [0.2, 0.25) is 0 Å². The van der Waals surface area contributed by atoms with Crippen LogP contribution in [0.25, 0.3) is 0 Å². The zero-order valence-corrected chi connectivity index (χ0v) is 67.2. The van der Waals surface area contributed by atoms with E-state index >= 15 is 0 Å². The van der Waals surface area contributed by atoms with Gasteiger partial charge in [0.25, 0.3) is 0 Å². The molecule has 8 aliphatic heterocycles. The second-order valence-corrected chi connectivity index (χ2v) is 27.1. The van der Waals surface area contributed by atoms with Gasteiger partial charge in [0.2, 0.25) is 0 Å². The molecule has 8 N–H and O–H groups in total. The zero-order valence-electron chi connectivity index (χ0n) is 155. The monoisotopic (exact) mass is 1760 g/mol. The van der Waals surface area contributed by atoms with Crippen LogP contribution in [0.15, 0.2) is 48.3 Å². The predicted molar refractivity (Wildman–Crippen MR) is 471 cm³/mol. The topological polar surface area (TPSA) is 296 Å². The quantitative estimate of drug-likeness (QED) is 0.0303. The first-order valence-electron chi connectivity index (χ1n) is 79.7. The molecule has 4 aromatic rings. The van der Waals surface area contributed by atoms with Crippen LogP contribution in [0.3, 0.4) is 0 Å². The molecule has 16 unspecified atom stereocenters. The van der Waals surface area contributed by atoms with Crippen molar-refractivity contribution in [1.82, 2.24) is 19.6 Å². The molecule has 8 aliphatic rings. The first kappa shape index (κ1) is 32.4. The number of hydrogen-bond acceptors (Lipinski definition) is 24. The second-order valence-electron chi connectivity index (χ2n) is 27.1. The molecule has 4 saturated heterocycles. The van der Waals surface area contributed by atoms with Gasteiger partial charge >= 0.3 is 23.9 Å². The van der Waals surface area contributed by atoms with E-state index in [2.05, 4.69) is 4.74 Å². The standard InChI is InChI=1S/4C24H38N2O4/c4*1-14(2)9-17-13-26-8-7-16-10-21(28-5)22(29-6)11-18(16)19(26)12-20(17)30-24(27)23(25)15(3)4/h4*10-11,14-15,17,19-20,23H,7-9,12-13,25H2,1-6H3/t4*17?,19?,20?,23-/m0000/s1/i1D3,5D3,6D3,7D2,8D2,9D2,10D,11D,12D2,13D2,14D,17D,19D,20D;1D3,6D3,7D2,8D2,9D2,10D,11D,12D2,13D2,14D,17D,19D,20D;1D3,5D3,7D2,8D2,9D2,10D,11D,12D2,13D2,14D,17D,19D,20D;1D3,7D2,8D2,9D2,10D,11D,12D2,13D2,14D,17D,19D,20D/t4*14?,17?,19?,20?,23-. The minimum Gasteiger partial charge on any atom is -0.493 e. The number of ether oxygens (including phenoxy) is 12. The lowest BCUT2D eigenvalue weighted by Gasteiger charge is -2.47. The molecule has 0 aliphatic carbocycles. The van der Waals surface area contributed by atoms with E-state index in [1.54, 1.807) is 0 Å². The fraction of sp³-hybridized carbons (Fsp3) is 0.708. The number of fused-ring (bicyclic) bond motifs is 12. The van der Waals surface area contributed by atoms with E-state index in [1.165, 1.54) is 55.4 Å². The highest BCUT2D eigenvalue weighted by atomic mass is 16.6. The Kier molecular flexibility index (Phi) is 11.8. The summed E-state index contributed by atoms with van der Waals surface area (Å²) in [5, 5.41) is 0. The third-order valence-electron chi connectivity index (χ3n) is 16.7. The van der Waals surface area contributed by atoms with Crippen molar-refractivity contribution in [3.8, 4) is 46.0 Å². The largest absolute Gasteiger partial charge is 0.493 e. The fourth-order valence-corrected chi connectivity index (χ4v) is 10.2. The van der Waals surface area contributed by atoms with E-state index in [9.17, 15) is 57.6 Å². The molecule has 0 aromatic heterocycles. The Hall–Kier alpha value is -7.16. The van der Waals surface area contributed by atoms with Crippen molar-refractivity contribution in [3.05, 3.63) is 92.8 Å². The van der Waals surface area contributed by atoms with E-state index in [1.807, 2.05) is 0 Å². The molecule has 0 radical (unpaired) electrons. The number of methoxy groups -OCH3 is 8. The second kappa shape index (κ2) is 43.9. The Labute approximate surface area is 842 Å². The molecule has 12 rings (SSSR count). The van der Waals surface area contributed by atoms with E-state index in [-0.39, 0.29) is 6.92 Å². The molecule has 4 fully saturated rings. The molecule has 120 heavy (non-hydrogen) atoms. The number of nitrogens with zero attached hydrogens (tertiary/aromatic N) is 4. The Bertz CT molecular complexity index is 8390. The molecule has 8 heterocycles. The summed E-state index contributed by atoms with van der Waals surface area (Å²) in [5.41, 5.74) is 11.4. The number of nitrogens with two attached hydrogens (primary N) is 4. The summed E-state index contributed by atoms with van der Waals surface area (Å²) in [6, 6.07) is -35.8. The van der Waals surface area contributed by atoms with Crippen molar-refractivity contribution in [1.29, 1.82) is 0 Å². The first-order chi connectivity index (χ1) is 90.9. The molecular weight excluding hydrogens is 1520 g/mol. The highest BCUT2D eigenvalue weighted by Crippen LogP contribution is 2.50. The van der Waals surface area contributed by atoms with Crippen molar-refractivity contribution in [2.75, 3.05) is 109 Å². The molecule has 24 nitrogen and oxygen atoms in total. The maximum Gasteiger partial charge on any atom is 0.323 e. The van der Waals surface area contributed by atoms with Gasteiger partial charge in [-0.2, -0.15) is 0 Å². The zero-order chi connectivity index (χ0) is 166. The highest BCUT2D eigenvalue weighted by molar-refractivity contribution is 5.77. The molecule has 0 saturated carbocycles. The summed E-state index contributed by atoms with van der Waals surface area (Å²) < 4.78 is 826. The van der Waals surface area contributed by atoms with Crippen LogP contribution in [-0.4, -0.2) is 201 Å². The van der Waals surface area contributed by atoms with Gasteiger partial charge in [-0.05, 0) is 191 Å². The Morgan fingerprint density at radius 3 is 0.742 bits per heavy atom. The number of hydrogen-bond donors (Lipinski definition) is 4. The molecule has 0 amide bonds. The van der Waals surface area contributed by atoms with Gasteiger partial charge in [0.1, 0.15) is 48.5 Å². The third kappa shape index (κ3) is 23.8.